The molecular formula is C35H42BrN3O5. The normalized spacial score (nSPS) is 28.3. The van der Waals surface area contributed by atoms with E-state index in [4.69, 9.17) is 4.74 Å². The van der Waals surface area contributed by atoms with E-state index in [-0.39, 0.29) is 41.7 Å². The Morgan fingerprint density at radius 1 is 1.09 bits per heavy atom. The predicted molar refractivity (Wildman–Crippen MR) is 174 cm³/mol. The molecule has 3 saturated heterocycles. The molecule has 0 saturated carbocycles. The number of alkyl halides is 1. The van der Waals surface area contributed by atoms with E-state index in [2.05, 4.69) is 36.0 Å². The maximum atomic E-state index is 14.8. The van der Waals surface area contributed by atoms with Crippen LogP contribution < -0.4 is 4.90 Å². The summed E-state index contributed by atoms with van der Waals surface area (Å²) < 4.78 is 6.79. The first-order valence-corrected chi connectivity index (χ1v) is 16.4. The zero-order valence-electron chi connectivity index (χ0n) is 25.4. The number of hydrogen-bond donors (Lipinski definition) is 1. The largest absolute Gasteiger partial charge is 0.394 e. The van der Waals surface area contributed by atoms with E-state index in [0.29, 0.717) is 24.2 Å². The zero-order chi connectivity index (χ0) is 31.6. The smallest absolute Gasteiger partial charge is 0.248 e. The van der Waals surface area contributed by atoms with Gasteiger partial charge in [0.25, 0.3) is 0 Å². The van der Waals surface area contributed by atoms with E-state index in [1.807, 2.05) is 67.6 Å². The van der Waals surface area contributed by atoms with Gasteiger partial charge >= 0.3 is 0 Å². The first kappa shape index (κ1) is 32.1. The molecule has 3 aliphatic rings. The summed E-state index contributed by atoms with van der Waals surface area (Å²) in [5.41, 5.74) is 0.148. The highest BCUT2D eigenvalue weighted by molar-refractivity contribution is 9.09. The van der Waals surface area contributed by atoms with Crippen LogP contribution in [0.1, 0.15) is 44.7 Å². The van der Waals surface area contributed by atoms with Gasteiger partial charge in [0.2, 0.25) is 17.7 Å². The summed E-state index contributed by atoms with van der Waals surface area (Å²) in [6, 6.07) is 16.6. The number of para-hydroxylation sites is 1. The summed E-state index contributed by atoms with van der Waals surface area (Å²) in [5.74, 6) is -2.59. The van der Waals surface area contributed by atoms with Crippen molar-refractivity contribution in [2.75, 3.05) is 24.6 Å². The second-order valence-corrected chi connectivity index (χ2v) is 13.2. The average Bonchev–Trinajstić information content (AvgIpc) is 3.63. The van der Waals surface area contributed by atoms with E-state index in [9.17, 15) is 19.5 Å². The molecule has 1 spiro atoms. The van der Waals surface area contributed by atoms with Gasteiger partial charge in [-0.2, -0.15) is 0 Å². The minimum atomic E-state index is -1.25. The number of ether oxygens (including phenoxy) is 1. The number of hydrogen-bond acceptors (Lipinski definition) is 5. The van der Waals surface area contributed by atoms with E-state index in [1.54, 1.807) is 22.0 Å². The summed E-state index contributed by atoms with van der Waals surface area (Å²) in [6.07, 6.45) is 4.79. The number of likely N-dealkylation sites (tertiary alicyclic amines) is 1. The van der Waals surface area contributed by atoms with Crippen molar-refractivity contribution in [3.63, 3.8) is 0 Å². The molecule has 2 aromatic rings. The predicted octanol–water partition coefficient (Wildman–Crippen LogP) is 4.89. The Labute approximate surface area is 268 Å². The molecule has 3 heterocycles. The molecule has 0 aromatic heterocycles. The molecule has 3 amide bonds. The molecule has 1 N–H and O–H groups in total. The number of nitrogens with zero attached hydrogens (tertiary/aromatic N) is 3. The van der Waals surface area contributed by atoms with Crippen molar-refractivity contribution >= 4 is 39.3 Å². The SMILES string of the molecule is C=CCN(C(=O)[C@H]1[C@@H]2OC3(CC2Br)C(C(=O)N(CC=C)C(C)CCC)N([C@H](CO)c2ccccc2)C(=O)[C@H]13)c1ccccc1. The standard InChI is InChI=1S/C35H42BrN3O5/c1-5-14-23(4)37(19-6-2)34(43)31-35-21-26(36)30(44-35)28(32(41)38(20-7-3)25-17-12-9-13-18-25)29(35)33(42)39(31)27(22-40)24-15-10-8-11-16-24/h6-13,15-18,23,26-31,40H,2-3,5,14,19-22H2,1,4H3/t23?,26?,27-,28-,29+,30-,31?,35?/m1/s1. The summed E-state index contributed by atoms with van der Waals surface area (Å²) in [7, 11) is 0. The van der Waals surface area contributed by atoms with E-state index >= 15 is 0 Å². The third-order valence-corrected chi connectivity index (χ3v) is 10.3. The lowest BCUT2D eigenvalue weighted by Gasteiger charge is -2.41. The molecule has 8 nitrogen and oxygen atoms in total. The van der Waals surface area contributed by atoms with Crippen LogP contribution in [0.15, 0.2) is 86.0 Å². The number of amides is 3. The second-order valence-electron chi connectivity index (χ2n) is 12.0. The van der Waals surface area contributed by atoms with Gasteiger partial charge in [0.05, 0.1) is 30.6 Å². The fourth-order valence-electron chi connectivity index (χ4n) is 7.59. The molecule has 9 heteroatoms. The van der Waals surface area contributed by atoms with E-state index < -0.39 is 35.6 Å². The third kappa shape index (κ3) is 5.33. The average molecular weight is 665 g/mol. The Morgan fingerprint density at radius 2 is 1.73 bits per heavy atom. The molecule has 3 aliphatic heterocycles. The van der Waals surface area contributed by atoms with Crippen molar-refractivity contribution in [3.8, 4) is 0 Å². The molecule has 44 heavy (non-hydrogen) atoms. The first-order chi connectivity index (χ1) is 21.2. The Bertz CT molecular complexity index is 1370. The van der Waals surface area contributed by atoms with Crippen LogP contribution in [0.2, 0.25) is 0 Å². The second kappa shape index (κ2) is 13.4. The number of rotatable bonds is 13. The molecule has 234 valence electrons. The Balaban J connectivity index is 1.65. The molecule has 8 atom stereocenters. The van der Waals surface area contributed by atoms with Gasteiger partial charge in [-0.25, -0.2) is 0 Å². The molecule has 5 rings (SSSR count). The maximum Gasteiger partial charge on any atom is 0.248 e. The van der Waals surface area contributed by atoms with Gasteiger partial charge in [0, 0.05) is 29.6 Å². The lowest BCUT2D eigenvalue weighted by molar-refractivity contribution is -0.152. The van der Waals surface area contributed by atoms with Gasteiger partial charge in [-0.3, -0.25) is 14.4 Å². The van der Waals surface area contributed by atoms with Crippen molar-refractivity contribution in [3.05, 3.63) is 91.5 Å². The van der Waals surface area contributed by atoms with E-state index in [1.165, 1.54) is 4.90 Å². The van der Waals surface area contributed by atoms with Crippen molar-refractivity contribution < 1.29 is 24.2 Å². The number of carbonyl (C=O) groups is 3. The van der Waals surface area contributed by atoms with Crippen molar-refractivity contribution in [1.29, 1.82) is 0 Å². The van der Waals surface area contributed by atoms with Crippen LogP contribution in [-0.4, -0.2) is 80.9 Å². The minimum absolute atomic E-state index is 0.112. The minimum Gasteiger partial charge on any atom is -0.394 e. The monoisotopic (exact) mass is 663 g/mol. The highest BCUT2D eigenvalue weighted by Gasteiger charge is 2.77. The fraction of sp³-hybridized carbons (Fsp3) is 0.457. The van der Waals surface area contributed by atoms with Gasteiger partial charge in [-0.05, 0) is 37.5 Å². The molecule has 2 aromatic carbocycles. The van der Waals surface area contributed by atoms with E-state index in [0.717, 1.165) is 12.8 Å². The molecule has 0 radical (unpaired) electrons. The number of aliphatic hydroxyl groups is 1. The number of anilines is 1. The molecule has 3 fully saturated rings. The number of carbonyl (C=O) groups excluding carboxylic acids is 3. The van der Waals surface area contributed by atoms with Crippen molar-refractivity contribution in [2.24, 2.45) is 11.8 Å². The van der Waals surface area contributed by atoms with Crippen molar-refractivity contribution in [2.45, 2.75) is 67.8 Å². The van der Waals surface area contributed by atoms with Crippen molar-refractivity contribution in [1.82, 2.24) is 9.80 Å². The van der Waals surface area contributed by atoms with Crippen LogP contribution in [0, 0.1) is 11.8 Å². The van der Waals surface area contributed by atoms with Gasteiger partial charge in [0.1, 0.15) is 11.6 Å². The fourth-order valence-corrected chi connectivity index (χ4v) is 8.53. The third-order valence-electron chi connectivity index (χ3n) is 9.43. The van der Waals surface area contributed by atoms with Crippen LogP contribution in [-0.2, 0) is 19.1 Å². The molecule has 2 bridgehead atoms. The van der Waals surface area contributed by atoms with Crippen LogP contribution in [0.25, 0.3) is 0 Å². The molecule has 4 unspecified atom stereocenters. The summed E-state index contributed by atoms with van der Waals surface area (Å²) in [4.78, 5) is 48.8. The highest BCUT2D eigenvalue weighted by atomic mass is 79.9. The van der Waals surface area contributed by atoms with Gasteiger partial charge in [0.15, 0.2) is 0 Å². The Kier molecular flexibility index (Phi) is 9.77. The summed E-state index contributed by atoms with van der Waals surface area (Å²) in [5, 5.41) is 10.8. The van der Waals surface area contributed by atoms with Gasteiger partial charge < -0.3 is 24.5 Å². The zero-order valence-corrected chi connectivity index (χ0v) is 27.0. The van der Waals surface area contributed by atoms with Crippen LogP contribution in [0.4, 0.5) is 5.69 Å². The lowest BCUT2D eigenvalue weighted by Crippen LogP contribution is -2.59. The molecule has 0 aliphatic carbocycles. The number of benzene rings is 2. The topological polar surface area (TPSA) is 90.4 Å². The lowest BCUT2D eigenvalue weighted by atomic mass is 9.70. The Morgan fingerprint density at radius 3 is 2.32 bits per heavy atom. The highest BCUT2D eigenvalue weighted by Crippen LogP contribution is 2.61. The van der Waals surface area contributed by atoms with Crippen LogP contribution in [0.5, 0.6) is 0 Å². The summed E-state index contributed by atoms with van der Waals surface area (Å²) >= 11 is 3.78. The number of halogens is 1. The quantitative estimate of drug-likeness (QED) is 0.244. The van der Waals surface area contributed by atoms with Gasteiger partial charge in [-0.1, -0.05) is 90.0 Å². The summed E-state index contributed by atoms with van der Waals surface area (Å²) in [6.45, 7) is 12.0. The number of aliphatic hydroxyl groups excluding tert-OH is 1. The van der Waals surface area contributed by atoms with Gasteiger partial charge in [-0.15, -0.1) is 13.2 Å². The maximum absolute atomic E-state index is 14.8. The molecular weight excluding hydrogens is 622 g/mol. The number of fused-ring (bicyclic) bond motifs is 1. The first-order valence-electron chi connectivity index (χ1n) is 15.4. The Hall–Kier alpha value is -3.27. The van der Waals surface area contributed by atoms with Crippen LogP contribution >= 0.6 is 15.9 Å². The van der Waals surface area contributed by atoms with Crippen LogP contribution in [0.3, 0.4) is 0 Å².